The quantitative estimate of drug-likeness (QED) is 0.143. The van der Waals surface area contributed by atoms with Crippen molar-refractivity contribution < 1.29 is 27.9 Å². The van der Waals surface area contributed by atoms with Gasteiger partial charge in [0, 0.05) is 18.5 Å². The Morgan fingerprint density at radius 2 is 1.51 bits per heavy atom. The molecule has 0 unspecified atom stereocenters. The maximum atomic E-state index is 13.7. The van der Waals surface area contributed by atoms with Gasteiger partial charge in [0.25, 0.3) is 5.91 Å². The summed E-state index contributed by atoms with van der Waals surface area (Å²) in [4.78, 5) is 43.3. The van der Waals surface area contributed by atoms with Crippen LogP contribution in [0.25, 0.3) is 10.9 Å². The lowest BCUT2D eigenvalue weighted by Gasteiger charge is -2.31. The number of nitrogens with one attached hydrogen (secondary N) is 2. The fourth-order valence-corrected chi connectivity index (χ4v) is 6.55. The van der Waals surface area contributed by atoms with E-state index < -0.39 is 52.4 Å². The van der Waals surface area contributed by atoms with Gasteiger partial charge in [0.1, 0.15) is 11.7 Å². The Morgan fingerprint density at radius 1 is 0.872 bits per heavy atom. The van der Waals surface area contributed by atoms with Crippen molar-refractivity contribution in [1.82, 2.24) is 19.9 Å². The number of benzene rings is 3. The average molecular weight is 660 g/mol. The van der Waals surface area contributed by atoms with Crippen LogP contribution in [0.4, 0.5) is 0 Å². The molecule has 4 aromatic rings. The minimum absolute atomic E-state index is 0.0405. The molecular weight excluding hydrogens is 618 g/mol. The molecule has 11 nitrogen and oxygen atoms in total. The number of pyridine rings is 1. The van der Waals surface area contributed by atoms with Gasteiger partial charge in [-0.1, -0.05) is 86.6 Å². The molecule has 4 rings (SSSR count). The number of sulfonamides is 1. The van der Waals surface area contributed by atoms with E-state index in [-0.39, 0.29) is 36.0 Å². The molecule has 0 radical (unpaired) electrons. The number of aliphatic hydroxyl groups excluding tert-OH is 1. The summed E-state index contributed by atoms with van der Waals surface area (Å²) in [5.41, 5.74) is 6.84. The molecule has 248 valence electrons. The van der Waals surface area contributed by atoms with Gasteiger partial charge in [-0.2, -0.15) is 4.31 Å². The first-order valence-corrected chi connectivity index (χ1v) is 16.9. The standard InChI is InChI=1S/C35H41N5O6S/c1-24(2)19-20-40(47(45,46)27-14-7-4-8-15-27)23-32(41)30(21-25-11-5-3-6-12-25)38-35(44)31(22-33(36)42)39-34(43)29-18-17-26-13-9-10-16-28(26)37-29/h3-18,24,30-32,41H,19-23H2,1-2H3,(H2,36,42)(H,38,44)(H,39,43)/t30-,31-,32+/m0/s1. The lowest BCUT2D eigenvalue weighted by atomic mass is 10.00. The third-order valence-electron chi connectivity index (χ3n) is 7.68. The summed E-state index contributed by atoms with van der Waals surface area (Å²) < 4.78 is 28.6. The minimum Gasteiger partial charge on any atom is -0.390 e. The second-order valence-corrected chi connectivity index (χ2v) is 13.8. The van der Waals surface area contributed by atoms with E-state index in [9.17, 15) is 27.9 Å². The molecule has 0 aliphatic heterocycles. The fraction of sp³-hybridized carbons (Fsp3) is 0.314. The first kappa shape index (κ1) is 35.2. The molecule has 1 heterocycles. The van der Waals surface area contributed by atoms with E-state index >= 15 is 0 Å². The number of carbonyl (C=O) groups excluding carboxylic acids is 3. The Hall–Kier alpha value is -4.65. The van der Waals surface area contributed by atoms with Gasteiger partial charge in [-0.15, -0.1) is 0 Å². The number of amides is 3. The van der Waals surface area contributed by atoms with Gasteiger partial charge >= 0.3 is 0 Å². The van der Waals surface area contributed by atoms with Crippen molar-refractivity contribution in [2.45, 2.75) is 56.2 Å². The second kappa shape index (κ2) is 16.3. The van der Waals surface area contributed by atoms with E-state index in [1.54, 1.807) is 36.4 Å². The smallest absolute Gasteiger partial charge is 0.270 e. The fourth-order valence-electron chi connectivity index (χ4n) is 5.06. The largest absolute Gasteiger partial charge is 0.390 e. The molecule has 3 amide bonds. The molecule has 0 saturated carbocycles. The number of aromatic nitrogens is 1. The van der Waals surface area contributed by atoms with E-state index in [1.807, 2.05) is 56.3 Å². The minimum atomic E-state index is -3.99. The number of para-hydroxylation sites is 1. The zero-order valence-electron chi connectivity index (χ0n) is 26.5. The highest BCUT2D eigenvalue weighted by Crippen LogP contribution is 2.19. The number of carbonyl (C=O) groups is 3. The number of primary amides is 1. The molecule has 0 fully saturated rings. The van der Waals surface area contributed by atoms with Crippen LogP contribution in [0.5, 0.6) is 0 Å². The van der Waals surface area contributed by atoms with E-state index in [4.69, 9.17) is 5.73 Å². The number of nitrogens with two attached hydrogens (primary N) is 1. The van der Waals surface area contributed by atoms with Crippen molar-refractivity contribution in [3.05, 3.63) is 108 Å². The third-order valence-corrected chi connectivity index (χ3v) is 9.56. The highest BCUT2D eigenvalue weighted by molar-refractivity contribution is 7.89. The van der Waals surface area contributed by atoms with Gasteiger partial charge < -0.3 is 21.5 Å². The maximum absolute atomic E-state index is 13.7. The molecule has 0 spiro atoms. The van der Waals surface area contributed by atoms with E-state index in [0.29, 0.717) is 11.9 Å². The van der Waals surface area contributed by atoms with Gasteiger partial charge in [0.2, 0.25) is 21.8 Å². The summed E-state index contributed by atoms with van der Waals surface area (Å²) in [6, 6.07) is 25.1. The summed E-state index contributed by atoms with van der Waals surface area (Å²) in [5.74, 6) is -2.09. The van der Waals surface area contributed by atoms with Gasteiger partial charge in [0.15, 0.2) is 0 Å². The van der Waals surface area contributed by atoms with Crippen LogP contribution < -0.4 is 16.4 Å². The van der Waals surface area contributed by atoms with Crippen molar-refractivity contribution >= 4 is 38.6 Å². The Kier molecular flexibility index (Phi) is 12.2. The SMILES string of the molecule is CC(C)CCN(C[C@@H](O)[C@H](Cc1ccccc1)NC(=O)[C@H](CC(N)=O)NC(=O)c1ccc2ccccc2n1)S(=O)(=O)c1ccccc1. The molecule has 0 bridgehead atoms. The van der Waals surface area contributed by atoms with Crippen LogP contribution in [0.3, 0.4) is 0 Å². The first-order valence-electron chi connectivity index (χ1n) is 15.5. The van der Waals surface area contributed by atoms with E-state index in [0.717, 1.165) is 10.9 Å². The maximum Gasteiger partial charge on any atom is 0.270 e. The molecule has 12 heteroatoms. The van der Waals surface area contributed by atoms with Crippen LogP contribution in [-0.4, -0.2) is 71.8 Å². The van der Waals surface area contributed by atoms with Gasteiger partial charge in [-0.3, -0.25) is 14.4 Å². The summed E-state index contributed by atoms with van der Waals surface area (Å²) in [6.45, 7) is 3.79. The van der Waals surface area contributed by atoms with Crippen molar-refractivity contribution in [3.8, 4) is 0 Å². The van der Waals surface area contributed by atoms with Crippen molar-refractivity contribution in [2.24, 2.45) is 11.7 Å². The molecule has 47 heavy (non-hydrogen) atoms. The molecule has 3 atom stereocenters. The van der Waals surface area contributed by atoms with Crippen LogP contribution in [0.2, 0.25) is 0 Å². The Morgan fingerprint density at radius 3 is 2.17 bits per heavy atom. The zero-order chi connectivity index (χ0) is 34.0. The van der Waals surface area contributed by atoms with Crippen molar-refractivity contribution in [3.63, 3.8) is 0 Å². The summed E-state index contributed by atoms with van der Waals surface area (Å²) in [7, 11) is -3.99. The Balaban J connectivity index is 1.59. The molecular formula is C35H41N5O6S. The normalized spacial score (nSPS) is 13.6. The van der Waals surface area contributed by atoms with Crippen LogP contribution in [0, 0.1) is 5.92 Å². The molecule has 0 aliphatic carbocycles. The topological polar surface area (TPSA) is 172 Å². The number of aliphatic hydroxyl groups is 1. The van der Waals surface area contributed by atoms with Crippen LogP contribution in [-0.2, 0) is 26.0 Å². The molecule has 1 aromatic heterocycles. The van der Waals surface area contributed by atoms with E-state index in [1.165, 1.54) is 22.5 Å². The number of nitrogens with zero attached hydrogens (tertiary/aromatic N) is 2. The monoisotopic (exact) mass is 659 g/mol. The number of hydrogen-bond acceptors (Lipinski definition) is 7. The van der Waals surface area contributed by atoms with Crippen molar-refractivity contribution in [2.75, 3.05) is 13.1 Å². The average Bonchev–Trinajstić information content (AvgIpc) is 3.06. The van der Waals surface area contributed by atoms with Crippen molar-refractivity contribution in [1.29, 1.82) is 0 Å². The van der Waals surface area contributed by atoms with Gasteiger partial charge in [0.05, 0.1) is 29.0 Å². The second-order valence-electron chi connectivity index (χ2n) is 11.8. The zero-order valence-corrected chi connectivity index (χ0v) is 27.3. The summed E-state index contributed by atoms with van der Waals surface area (Å²) in [6.07, 6.45) is -1.19. The lowest BCUT2D eigenvalue weighted by Crippen LogP contribution is -2.56. The van der Waals surface area contributed by atoms with Crippen LogP contribution in [0.15, 0.2) is 102 Å². The molecule has 0 aliphatic rings. The Labute approximate surface area is 275 Å². The summed E-state index contributed by atoms with van der Waals surface area (Å²) in [5, 5.41) is 17.7. The van der Waals surface area contributed by atoms with Crippen LogP contribution in [0.1, 0.15) is 42.7 Å². The summed E-state index contributed by atoms with van der Waals surface area (Å²) >= 11 is 0. The predicted octanol–water partition coefficient (Wildman–Crippen LogP) is 3.03. The molecule has 0 saturated heterocycles. The van der Waals surface area contributed by atoms with E-state index in [2.05, 4.69) is 15.6 Å². The number of rotatable bonds is 16. The molecule has 5 N–H and O–H groups in total. The Bertz CT molecular complexity index is 1770. The highest BCUT2D eigenvalue weighted by atomic mass is 32.2. The van der Waals surface area contributed by atoms with Gasteiger partial charge in [-0.05, 0) is 48.6 Å². The first-order chi connectivity index (χ1) is 22.4. The third kappa shape index (κ3) is 9.92. The predicted molar refractivity (Wildman–Crippen MR) is 180 cm³/mol. The molecule has 3 aromatic carbocycles. The highest BCUT2D eigenvalue weighted by Gasteiger charge is 2.33. The van der Waals surface area contributed by atoms with Crippen LogP contribution >= 0.6 is 0 Å². The van der Waals surface area contributed by atoms with Gasteiger partial charge in [-0.25, -0.2) is 13.4 Å². The number of fused-ring (bicyclic) bond motifs is 1. The number of hydrogen-bond donors (Lipinski definition) is 4. The lowest BCUT2D eigenvalue weighted by molar-refractivity contribution is -0.128.